The van der Waals surface area contributed by atoms with Gasteiger partial charge < -0.3 is 4.74 Å². The van der Waals surface area contributed by atoms with Crippen molar-refractivity contribution in [2.24, 2.45) is 5.92 Å². The molecular weight excluding hydrogens is 196 g/mol. The van der Waals surface area contributed by atoms with Gasteiger partial charge in [-0.25, -0.2) is 0 Å². The Morgan fingerprint density at radius 2 is 1.94 bits per heavy atom. The zero-order chi connectivity index (χ0) is 11.8. The first-order chi connectivity index (χ1) is 7.81. The Hall–Kier alpha value is -0.980. The van der Waals surface area contributed by atoms with E-state index in [0.29, 0.717) is 0 Å². The van der Waals surface area contributed by atoms with Crippen LogP contribution in [0.2, 0.25) is 0 Å². The van der Waals surface area contributed by atoms with E-state index in [0.717, 1.165) is 18.1 Å². The van der Waals surface area contributed by atoms with Gasteiger partial charge in [0.05, 0.1) is 7.11 Å². The van der Waals surface area contributed by atoms with Crippen molar-refractivity contribution in [3.63, 3.8) is 0 Å². The number of hydrogen-bond donors (Lipinski definition) is 0. The van der Waals surface area contributed by atoms with Gasteiger partial charge in [0, 0.05) is 0 Å². The van der Waals surface area contributed by atoms with Crippen LogP contribution in [0.4, 0.5) is 0 Å². The Balaban J connectivity index is 2.62. The highest BCUT2D eigenvalue weighted by atomic mass is 16.5. The molecule has 90 valence electrons. The molecule has 0 fully saturated rings. The summed E-state index contributed by atoms with van der Waals surface area (Å²) in [6.45, 7) is 4.55. The molecule has 1 atom stereocenters. The SMILES string of the molecule is CCCCC(CC)Cc1ccccc1OC. The molecular formula is C15H24O. The van der Waals surface area contributed by atoms with Gasteiger partial charge in [-0.1, -0.05) is 57.7 Å². The van der Waals surface area contributed by atoms with Gasteiger partial charge in [-0.2, -0.15) is 0 Å². The van der Waals surface area contributed by atoms with Crippen molar-refractivity contribution in [1.29, 1.82) is 0 Å². The molecule has 0 aliphatic heterocycles. The van der Waals surface area contributed by atoms with Crippen molar-refractivity contribution in [1.82, 2.24) is 0 Å². The first kappa shape index (κ1) is 13.1. The summed E-state index contributed by atoms with van der Waals surface area (Å²) in [5, 5.41) is 0. The Kier molecular flexibility index (Phi) is 5.99. The predicted molar refractivity (Wildman–Crippen MR) is 70.0 cm³/mol. The van der Waals surface area contributed by atoms with Gasteiger partial charge in [0.15, 0.2) is 0 Å². The first-order valence-corrected chi connectivity index (χ1v) is 6.43. The largest absolute Gasteiger partial charge is 0.496 e. The summed E-state index contributed by atoms with van der Waals surface area (Å²) in [5.41, 5.74) is 1.35. The van der Waals surface area contributed by atoms with Gasteiger partial charge in [-0.15, -0.1) is 0 Å². The van der Waals surface area contributed by atoms with Gasteiger partial charge in [-0.05, 0) is 24.0 Å². The Morgan fingerprint density at radius 1 is 1.19 bits per heavy atom. The number of hydrogen-bond acceptors (Lipinski definition) is 1. The quantitative estimate of drug-likeness (QED) is 0.659. The number of methoxy groups -OCH3 is 1. The molecule has 0 bridgehead atoms. The number of benzene rings is 1. The molecule has 0 aromatic heterocycles. The molecule has 0 N–H and O–H groups in total. The molecule has 16 heavy (non-hydrogen) atoms. The summed E-state index contributed by atoms with van der Waals surface area (Å²) >= 11 is 0. The summed E-state index contributed by atoms with van der Waals surface area (Å²) in [4.78, 5) is 0. The minimum absolute atomic E-state index is 0.802. The topological polar surface area (TPSA) is 9.23 Å². The van der Waals surface area contributed by atoms with Crippen LogP contribution in [0.15, 0.2) is 24.3 Å². The zero-order valence-corrected chi connectivity index (χ0v) is 10.8. The lowest BCUT2D eigenvalue weighted by molar-refractivity contribution is 0.396. The average molecular weight is 220 g/mol. The summed E-state index contributed by atoms with van der Waals surface area (Å²) in [7, 11) is 1.76. The van der Waals surface area contributed by atoms with Crippen LogP contribution in [0.3, 0.4) is 0 Å². The molecule has 0 amide bonds. The molecule has 0 aliphatic rings. The van der Waals surface area contributed by atoms with Crippen LogP contribution >= 0.6 is 0 Å². The zero-order valence-electron chi connectivity index (χ0n) is 10.8. The molecule has 1 rings (SSSR count). The van der Waals surface area contributed by atoms with Crippen molar-refractivity contribution in [3.8, 4) is 5.75 Å². The lowest BCUT2D eigenvalue weighted by atomic mass is 9.91. The minimum atomic E-state index is 0.802. The molecule has 1 unspecified atom stereocenters. The van der Waals surface area contributed by atoms with Gasteiger partial charge in [0.1, 0.15) is 5.75 Å². The number of rotatable bonds is 7. The van der Waals surface area contributed by atoms with Crippen molar-refractivity contribution in [3.05, 3.63) is 29.8 Å². The van der Waals surface area contributed by atoms with Crippen molar-refractivity contribution < 1.29 is 4.74 Å². The predicted octanol–water partition coefficient (Wildman–Crippen LogP) is 4.45. The lowest BCUT2D eigenvalue weighted by Gasteiger charge is -2.16. The van der Waals surface area contributed by atoms with Crippen molar-refractivity contribution in [2.75, 3.05) is 7.11 Å². The maximum Gasteiger partial charge on any atom is 0.122 e. The molecule has 0 radical (unpaired) electrons. The molecule has 0 heterocycles. The summed E-state index contributed by atoms with van der Waals surface area (Å²) in [5.74, 6) is 1.84. The molecule has 1 heteroatoms. The molecule has 1 aromatic rings. The summed E-state index contributed by atoms with van der Waals surface area (Å²) < 4.78 is 5.40. The maximum absolute atomic E-state index is 5.40. The Bertz CT molecular complexity index is 293. The monoisotopic (exact) mass is 220 g/mol. The number of ether oxygens (including phenoxy) is 1. The Morgan fingerprint density at radius 3 is 2.56 bits per heavy atom. The normalized spacial score (nSPS) is 12.4. The maximum atomic E-state index is 5.40. The van der Waals surface area contributed by atoms with Gasteiger partial charge in [0.2, 0.25) is 0 Å². The molecule has 0 spiro atoms. The number of para-hydroxylation sites is 1. The third kappa shape index (κ3) is 3.88. The van der Waals surface area contributed by atoms with E-state index < -0.39 is 0 Å². The van der Waals surface area contributed by atoms with E-state index in [1.54, 1.807) is 7.11 Å². The fourth-order valence-corrected chi connectivity index (χ4v) is 2.13. The first-order valence-electron chi connectivity index (χ1n) is 6.43. The van der Waals surface area contributed by atoms with Crippen molar-refractivity contribution >= 4 is 0 Å². The fourth-order valence-electron chi connectivity index (χ4n) is 2.13. The second-order valence-corrected chi connectivity index (χ2v) is 4.43. The van der Waals surface area contributed by atoms with E-state index in [1.165, 1.54) is 31.2 Å². The smallest absolute Gasteiger partial charge is 0.122 e. The highest BCUT2D eigenvalue weighted by Crippen LogP contribution is 2.24. The van der Waals surface area contributed by atoms with E-state index in [2.05, 4.69) is 32.0 Å². The van der Waals surface area contributed by atoms with E-state index in [1.807, 2.05) is 6.07 Å². The Labute approximate surface area is 99.8 Å². The second kappa shape index (κ2) is 7.32. The van der Waals surface area contributed by atoms with Gasteiger partial charge in [0.25, 0.3) is 0 Å². The highest BCUT2D eigenvalue weighted by molar-refractivity contribution is 5.33. The van der Waals surface area contributed by atoms with Crippen LogP contribution in [0.25, 0.3) is 0 Å². The van der Waals surface area contributed by atoms with Crippen LogP contribution in [-0.2, 0) is 6.42 Å². The van der Waals surface area contributed by atoms with Gasteiger partial charge >= 0.3 is 0 Å². The standard InChI is InChI=1S/C15H24O/c1-4-6-9-13(5-2)12-14-10-7-8-11-15(14)16-3/h7-8,10-11,13H,4-6,9,12H2,1-3H3. The van der Waals surface area contributed by atoms with Crippen LogP contribution < -0.4 is 4.74 Å². The molecule has 0 aliphatic carbocycles. The van der Waals surface area contributed by atoms with E-state index in [9.17, 15) is 0 Å². The molecule has 1 nitrogen and oxygen atoms in total. The number of unbranched alkanes of at least 4 members (excludes halogenated alkanes) is 1. The highest BCUT2D eigenvalue weighted by Gasteiger charge is 2.10. The van der Waals surface area contributed by atoms with E-state index in [-0.39, 0.29) is 0 Å². The lowest BCUT2D eigenvalue weighted by Crippen LogP contribution is -2.04. The summed E-state index contributed by atoms with van der Waals surface area (Å²) in [6.07, 6.45) is 6.39. The fraction of sp³-hybridized carbons (Fsp3) is 0.600. The van der Waals surface area contributed by atoms with Crippen LogP contribution in [0.1, 0.15) is 45.1 Å². The van der Waals surface area contributed by atoms with Crippen LogP contribution in [-0.4, -0.2) is 7.11 Å². The van der Waals surface area contributed by atoms with Crippen molar-refractivity contribution in [2.45, 2.75) is 46.0 Å². The van der Waals surface area contributed by atoms with E-state index >= 15 is 0 Å². The van der Waals surface area contributed by atoms with Crippen LogP contribution in [0, 0.1) is 5.92 Å². The molecule has 0 saturated carbocycles. The minimum Gasteiger partial charge on any atom is -0.496 e. The van der Waals surface area contributed by atoms with Gasteiger partial charge in [-0.3, -0.25) is 0 Å². The molecule has 1 aromatic carbocycles. The van der Waals surface area contributed by atoms with E-state index in [4.69, 9.17) is 4.74 Å². The second-order valence-electron chi connectivity index (χ2n) is 4.43. The third-order valence-corrected chi connectivity index (χ3v) is 3.24. The average Bonchev–Trinajstić information content (AvgIpc) is 2.34. The summed E-state index contributed by atoms with van der Waals surface area (Å²) in [6, 6.07) is 8.38. The van der Waals surface area contributed by atoms with Crippen LogP contribution in [0.5, 0.6) is 5.75 Å². The molecule has 0 saturated heterocycles. The third-order valence-electron chi connectivity index (χ3n) is 3.24.